The van der Waals surface area contributed by atoms with Crippen molar-refractivity contribution >= 4 is 5.78 Å². The number of benzene rings is 2. The van der Waals surface area contributed by atoms with Crippen LogP contribution in [0.2, 0.25) is 0 Å². The minimum atomic E-state index is 0.0898. The highest BCUT2D eigenvalue weighted by molar-refractivity contribution is 5.99. The van der Waals surface area contributed by atoms with Gasteiger partial charge in [-0.2, -0.15) is 0 Å². The predicted molar refractivity (Wildman–Crippen MR) is 118 cm³/mol. The van der Waals surface area contributed by atoms with Gasteiger partial charge in [-0.3, -0.25) is 4.79 Å². The Morgan fingerprint density at radius 1 is 0.893 bits per heavy atom. The molecule has 0 saturated carbocycles. The fraction of sp³-hybridized carbons (Fsp3) is 0.370. The first-order chi connectivity index (χ1) is 13.5. The summed E-state index contributed by atoms with van der Waals surface area (Å²) in [5.41, 5.74) is 4.68. The van der Waals surface area contributed by atoms with E-state index < -0.39 is 0 Å². The van der Waals surface area contributed by atoms with Crippen molar-refractivity contribution in [2.75, 3.05) is 0 Å². The summed E-state index contributed by atoms with van der Waals surface area (Å²) in [6.07, 6.45) is 5.88. The summed E-state index contributed by atoms with van der Waals surface area (Å²) in [6.45, 7) is 8.96. The molecule has 0 N–H and O–H groups in total. The third-order valence-electron chi connectivity index (χ3n) is 5.96. The van der Waals surface area contributed by atoms with Gasteiger partial charge >= 0.3 is 0 Å². The van der Waals surface area contributed by atoms with E-state index in [0.717, 1.165) is 12.0 Å². The zero-order chi connectivity index (χ0) is 20.1. The molecule has 0 aliphatic heterocycles. The average Bonchev–Trinajstić information content (AvgIpc) is 2.72. The molecule has 0 aromatic heterocycles. The molecule has 2 aromatic carbocycles. The van der Waals surface area contributed by atoms with Crippen LogP contribution in [0.5, 0.6) is 0 Å². The lowest BCUT2D eigenvalue weighted by atomic mass is 9.77. The van der Waals surface area contributed by atoms with Crippen LogP contribution >= 0.6 is 0 Å². The number of carbonyl (C=O) groups excluding carboxylic acids is 1. The Hall–Kier alpha value is -2.41. The lowest BCUT2D eigenvalue weighted by molar-refractivity contribution is -0.115. The maximum absolute atomic E-state index is 13.4. The van der Waals surface area contributed by atoms with Crippen LogP contribution in [0, 0.1) is 17.8 Å². The van der Waals surface area contributed by atoms with Gasteiger partial charge in [-0.25, -0.2) is 0 Å². The Morgan fingerprint density at radius 3 is 1.89 bits per heavy atom. The third-order valence-corrected chi connectivity index (χ3v) is 5.96. The largest absolute Gasteiger partial charge is 0.294 e. The molecule has 1 atom stereocenters. The maximum Gasteiger partial charge on any atom is 0.163 e. The van der Waals surface area contributed by atoms with Crippen molar-refractivity contribution in [1.82, 2.24) is 0 Å². The van der Waals surface area contributed by atoms with Crippen molar-refractivity contribution in [3.8, 4) is 0 Å². The van der Waals surface area contributed by atoms with E-state index in [1.54, 1.807) is 0 Å². The molecule has 146 valence electrons. The van der Waals surface area contributed by atoms with E-state index in [0.29, 0.717) is 24.2 Å². The number of rotatable bonds is 7. The summed E-state index contributed by atoms with van der Waals surface area (Å²) in [7, 11) is 0. The molecule has 2 aromatic rings. The van der Waals surface area contributed by atoms with Gasteiger partial charge in [-0.1, -0.05) is 106 Å². The van der Waals surface area contributed by atoms with Gasteiger partial charge in [0.1, 0.15) is 0 Å². The quantitative estimate of drug-likeness (QED) is 0.513. The molecule has 0 heterocycles. The molecule has 0 spiro atoms. The first kappa shape index (κ1) is 20.3. The zero-order valence-electron chi connectivity index (χ0n) is 17.6. The first-order valence-electron chi connectivity index (χ1n) is 10.5. The Labute approximate surface area is 170 Å². The van der Waals surface area contributed by atoms with Gasteiger partial charge in [-0.15, -0.1) is 0 Å². The summed E-state index contributed by atoms with van der Waals surface area (Å²) >= 11 is 0. The molecule has 3 rings (SSSR count). The van der Waals surface area contributed by atoms with Crippen molar-refractivity contribution in [2.45, 2.75) is 46.5 Å². The van der Waals surface area contributed by atoms with E-state index in [1.165, 1.54) is 16.7 Å². The zero-order valence-corrected chi connectivity index (χ0v) is 17.6. The Morgan fingerprint density at radius 2 is 1.43 bits per heavy atom. The highest BCUT2D eigenvalue weighted by atomic mass is 16.1. The molecule has 1 aliphatic rings. The van der Waals surface area contributed by atoms with Crippen LogP contribution in [0.25, 0.3) is 0 Å². The molecule has 0 fully saturated rings. The minimum absolute atomic E-state index is 0.0898. The standard InChI is InChI=1S/C27H32O/c1-19(2)23-15-16-24(25(17-23)20(3)4)27(28)18-26(21-11-7-5-8-12-21)22-13-9-6-10-14-22/h5-16,19-20,23,26H,17-18H2,1-4H3. The van der Waals surface area contributed by atoms with E-state index in [9.17, 15) is 4.79 Å². The summed E-state index contributed by atoms with van der Waals surface area (Å²) < 4.78 is 0. The number of Topliss-reactive ketones (excluding diaryl/α,β-unsaturated/α-hetero) is 1. The summed E-state index contributed by atoms with van der Waals surface area (Å²) in [6, 6.07) is 20.8. The molecule has 1 unspecified atom stereocenters. The van der Waals surface area contributed by atoms with Gasteiger partial charge in [-0.05, 0) is 35.3 Å². The molecule has 0 radical (unpaired) electrons. The predicted octanol–water partition coefficient (Wildman–Crippen LogP) is 6.96. The van der Waals surface area contributed by atoms with Crippen LogP contribution in [0.4, 0.5) is 0 Å². The monoisotopic (exact) mass is 372 g/mol. The number of carbonyl (C=O) groups is 1. The van der Waals surface area contributed by atoms with Crippen LogP contribution in [0.1, 0.15) is 57.6 Å². The molecule has 1 aliphatic carbocycles. The summed E-state index contributed by atoms with van der Waals surface area (Å²) in [5.74, 6) is 1.89. The molecule has 0 amide bonds. The SMILES string of the molecule is CC(C)C1=C(C(=O)CC(c2ccccc2)c2ccccc2)C=CC(C(C)C)C1. The van der Waals surface area contributed by atoms with Crippen LogP contribution in [-0.2, 0) is 4.79 Å². The molecule has 0 saturated heterocycles. The second-order valence-corrected chi connectivity index (χ2v) is 8.57. The number of hydrogen-bond donors (Lipinski definition) is 0. The van der Waals surface area contributed by atoms with Crippen LogP contribution in [0.15, 0.2) is 84.0 Å². The molecular formula is C27H32O. The topological polar surface area (TPSA) is 17.1 Å². The Balaban J connectivity index is 1.92. The van der Waals surface area contributed by atoms with E-state index in [2.05, 4.69) is 88.4 Å². The van der Waals surface area contributed by atoms with Crippen molar-refractivity contribution in [1.29, 1.82) is 0 Å². The van der Waals surface area contributed by atoms with Gasteiger partial charge in [0, 0.05) is 17.9 Å². The smallest absolute Gasteiger partial charge is 0.163 e. The number of hydrogen-bond acceptors (Lipinski definition) is 1. The van der Waals surface area contributed by atoms with E-state index in [-0.39, 0.29) is 11.7 Å². The highest BCUT2D eigenvalue weighted by Gasteiger charge is 2.26. The number of ketones is 1. The lowest BCUT2D eigenvalue weighted by Gasteiger charge is -2.27. The normalized spacial score (nSPS) is 17.0. The second kappa shape index (κ2) is 9.19. The van der Waals surface area contributed by atoms with E-state index in [1.807, 2.05) is 12.1 Å². The maximum atomic E-state index is 13.4. The van der Waals surface area contributed by atoms with Crippen LogP contribution in [0.3, 0.4) is 0 Å². The van der Waals surface area contributed by atoms with Gasteiger partial charge < -0.3 is 0 Å². The Kier molecular flexibility index (Phi) is 6.67. The van der Waals surface area contributed by atoms with E-state index in [4.69, 9.17) is 0 Å². The molecular weight excluding hydrogens is 340 g/mol. The van der Waals surface area contributed by atoms with Crippen LogP contribution in [-0.4, -0.2) is 5.78 Å². The molecule has 1 nitrogen and oxygen atoms in total. The fourth-order valence-corrected chi connectivity index (χ4v) is 4.13. The van der Waals surface area contributed by atoms with Crippen molar-refractivity contribution < 1.29 is 4.79 Å². The average molecular weight is 373 g/mol. The second-order valence-electron chi connectivity index (χ2n) is 8.57. The lowest BCUT2D eigenvalue weighted by Crippen LogP contribution is -2.19. The summed E-state index contributed by atoms with van der Waals surface area (Å²) in [4.78, 5) is 13.4. The molecule has 28 heavy (non-hydrogen) atoms. The van der Waals surface area contributed by atoms with Gasteiger partial charge in [0.15, 0.2) is 5.78 Å². The van der Waals surface area contributed by atoms with E-state index >= 15 is 0 Å². The van der Waals surface area contributed by atoms with Crippen LogP contribution < -0.4 is 0 Å². The molecule has 1 heteroatoms. The number of allylic oxidation sites excluding steroid dienone is 4. The van der Waals surface area contributed by atoms with Gasteiger partial charge in [0.25, 0.3) is 0 Å². The van der Waals surface area contributed by atoms with Crippen molar-refractivity contribution in [2.24, 2.45) is 17.8 Å². The molecule has 0 bridgehead atoms. The highest BCUT2D eigenvalue weighted by Crippen LogP contribution is 2.36. The first-order valence-corrected chi connectivity index (χ1v) is 10.5. The van der Waals surface area contributed by atoms with Gasteiger partial charge in [0.05, 0.1) is 0 Å². The van der Waals surface area contributed by atoms with Crippen molar-refractivity contribution in [3.63, 3.8) is 0 Å². The Bertz CT molecular complexity index is 801. The van der Waals surface area contributed by atoms with Gasteiger partial charge in [0.2, 0.25) is 0 Å². The summed E-state index contributed by atoms with van der Waals surface area (Å²) in [5, 5.41) is 0. The van der Waals surface area contributed by atoms with Crippen molar-refractivity contribution in [3.05, 3.63) is 95.1 Å². The fourth-order valence-electron chi connectivity index (χ4n) is 4.13. The minimum Gasteiger partial charge on any atom is -0.294 e. The third kappa shape index (κ3) is 4.70.